The number of nitrogens with one attached hydrogen (secondary N) is 1. The summed E-state index contributed by atoms with van der Waals surface area (Å²) in [5.74, 6) is -0.0811. The first kappa shape index (κ1) is 12.9. The third-order valence-corrected chi connectivity index (χ3v) is 3.41. The van der Waals surface area contributed by atoms with Crippen LogP contribution in [0.25, 0.3) is 0 Å². The van der Waals surface area contributed by atoms with Crippen LogP contribution in [0.2, 0.25) is 5.02 Å². The predicted octanol–water partition coefficient (Wildman–Crippen LogP) is 2.55. The molecule has 0 saturated carbocycles. The van der Waals surface area contributed by atoms with Gasteiger partial charge < -0.3 is 16.0 Å². The summed E-state index contributed by atoms with van der Waals surface area (Å²) in [5.41, 5.74) is 7.05. The molecule has 0 radical (unpaired) electrons. The van der Waals surface area contributed by atoms with Gasteiger partial charge in [0.05, 0.1) is 5.56 Å². The van der Waals surface area contributed by atoms with Gasteiger partial charge in [-0.05, 0) is 31.4 Å². The molecule has 1 aliphatic rings. The van der Waals surface area contributed by atoms with Crippen LogP contribution in [-0.4, -0.2) is 30.1 Å². The Morgan fingerprint density at radius 3 is 2.61 bits per heavy atom. The maximum absolute atomic E-state index is 12.4. The van der Waals surface area contributed by atoms with E-state index in [9.17, 15) is 4.79 Å². The summed E-state index contributed by atoms with van der Waals surface area (Å²) in [6.07, 6.45) is 4.34. The molecule has 0 unspecified atom stereocenters. The molecule has 0 aromatic heterocycles. The maximum Gasteiger partial charge on any atom is 0.254 e. The zero-order chi connectivity index (χ0) is 13.1. The summed E-state index contributed by atoms with van der Waals surface area (Å²) < 4.78 is 0. The van der Waals surface area contributed by atoms with Gasteiger partial charge >= 0.3 is 0 Å². The summed E-state index contributed by atoms with van der Waals surface area (Å²) in [4.78, 5) is 14.2. The highest BCUT2D eigenvalue weighted by atomic mass is 35.5. The van der Waals surface area contributed by atoms with Crippen molar-refractivity contribution in [1.29, 1.82) is 5.41 Å². The quantitative estimate of drug-likeness (QED) is 0.637. The van der Waals surface area contributed by atoms with E-state index in [2.05, 4.69) is 0 Å². The van der Waals surface area contributed by atoms with E-state index in [-0.39, 0.29) is 5.91 Å². The average Bonchev–Trinajstić information content (AvgIpc) is 2.38. The number of nitrogens with two attached hydrogens (primary N) is 1. The van der Waals surface area contributed by atoms with Crippen molar-refractivity contribution >= 4 is 29.4 Å². The first-order chi connectivity index (χ1) is 8.63. The van der Waals surface area contributed by atoms with Crippen molar-refractivity contribution in [3.8, 4) is 0 Å². The summed E-state index contributed by atoms with van der Waals surface area (Å²) in [5, 5.41) is 7.81. The predicted molar refractivity (Wildman–Crippen MR) is 73.5 cm³/mol. The van der Waals surface area contributed by atoms with Crippen molar-refractivity contribution in [1.82, 2.24) is 4.90 Å². The molecule has 0 bridgehead atoms. The fraction of sp³-hybridized carbons (Fsp3) is 0.385. The summed E-state index contributed by atoms with van der Waals surface area (Å²) >= 11 is 5.94. The van der Waals surface area contributed by atoms with Crippen LogP contribution in [0.4, 0.5) is 5.69 Å². The van der Waals surface area contributed by atoms with Crippen molar-refractivity contribution in [3.05, 3.63) is 28.3 Å². The Balaban J connectivity index is 2.36. The monoisotopic (exact) mass is 265 g/mol. The lowest BCUT2D eigenvalue weighted by Gasteiger charge is -2.27. The third-order valence-electron chi connectivity index (χ3n) is 3.19. The molecule has 0 aliphatic carbocycles. The number of nitrogens with zero attached hydrogens (tertiary/aromatic N) is 1. The van der Waals surface area contributed by atoms with Crippen molar-refractivity contribution < 1.29 is 4.79 Å². The van der Waals surface area contributed by atoms with E-state index in [1.165, 1.54) is 6.42 Å². The van der Waals surface area contributed by atoms with Gasteiger partial charge in [0.2, 0.25) is 0 Å². The number of rotatable bonds is 2. The normalized spacial score (nSPS) is 15.5. The topological polar surface area (TPSA) is 70.2 Å². The van der Waals surface area contributed by atoms with Gasteiger partial charge in [-0.15, -0.1) is 0 Å². The molecule has 5 heteroatoms. The number of amides is 1. The second-order valence-electron chi connectivity index (χ2n) is 4.45. The van der Waals surface area contributed by atoms with E-state index in [0.717, 1.165) is 32.1 Å². The lowest BCUT2D eigenvalue weighted by Crippen LogP contribution is -2.36. The van der Waals surface area contributed by atoms with Gasteiger partial charge in [0.15, 0.2) is 0 Å². The van der Waals surface area contributed by atoms with Crippen LogP contribution in [0.15, 0.2) is 12.1 Å². The van der Waals surface area contributed by atoms with Crippen LogP contribution >= 0.6 is 11.6 Å². The number of carbonyl (C=O) groups excluding carboxylic acids is 1. The van der Waals surface area contributed by atoms with Gasteiger partial charge in [0.1, 0.15) is 0 Å². The van der Waals surface area contributed by atoms with Gasteiger partial charge in [0, 0.05) is 35.6 Å². The zero-order valence-electron chi connectivity index (χ0n) is 10.1. The molecule has 2 rings (SSSR count). The van der Waals surface area contributed by atoms with Gasteiger partial charge in [-0.1, -0.05) is 11.6 Å². The van der Waals surface area contributed by atoms with Gasteiger partial charge in [-0.3, -0.25) is 4.79 Å². The lowest BCUT2D eigenvalue weighted by molar-refractivity contribution is 0.0724. The van der Waals surface area contributed by atoms with Gasteiger partial charge in [-0.25, -0.2) is 0 Å². The van der Waals surface area contributed by atoms with Crippen LogP contribution < -0.4 is 5.73 Å². The molecule has 18 heavy (non-hydrogen) atoms. The van der Waals surface area contributed by atoms with Crippen LogP contribution in [0, 0.1) is 5.41 Å². The Morgan fingerprint density at radius 2 is 2.00 bits per heavy atom. The maximum atomic E-state index is 12.4. The van der Waals surface area contributed by atoms with Crippen molar-refractivity contribution in [2.45, 2.75) is 19.3 Å². The van der Waals surface area contributed by atoms with E-state index in [0.29, 0.717) is 21.8 Å². The molecule has 3 N–H and O–H groups in total. The summed E-state index contributed by atoms with van der Waals surface area (Å²) in [6.45, 7) is 1.53. The Labute approximate surface area is 111 Å². The largest absolute Gasteiger partial charge is 0.398 e. The Hall–Kier alpha value is -1.55. The lowest BCUT2D eigenvalue weighted by atomic mass is 10.0. The zero-order valence-corrected chi connectivity index (χ0v) is 10.8. The molecule has 1 aliphatic heterocycles. The average molecular weight is 266 g/mol. The van der Waals surface area contributed by atoms with Gasteiger partial charge in [-0.2, -0.15) is 0 Å². The summed E-state index contributed by atoms with van der Waals surface area (Å²) in [6, 6.07) is 3.16. The minimum absolute atomic E-state index is 0.0811. The highest BCUT2D eigenvalue weighted by molar-refractivity contribution is 6.31. The smallest absolute Gasteiger partial charge is 0.254 e. The fourth-order valence-corrected chi connectivity index (χ4v) is 2.47. The number of benzene rings is 1. The van der Waals surface area contributed by atoms with E-state index >= 15 is 0 Å². The molecule has 1 amide bonds. The highest BCUT2D eigenvalue weighted by Gasteiger charge is 2.21. The number of piperidine rings is 1. The van der Waals surface area contributed by atoms with Crippen LogP contribution in [0.1, 0.15) is 35.2 Å². The van der Waals surface area contributed by atoms with Gasteiger partial charge in [0.25, 0.3) is 5.91 Å². The number of halogens is 1. The minimum atomic E-state index is -0.0811. The number of carbonyl (C=O) groups is 1. The van der Waals surface area contributed by atoms with E-state index < -0.39 is 0 Å². The van der Waals surface area contributed by atoms with Crippen molar-refractivity contribution in [2.75, 3.05) is 18.8 Å². The second kappa shape index (κ2) is 5.40. The Morgan fingerprint density at radius 1 is 1.33 bits per heavy atom. The fourth-order valence-electron chi connectivity index (χ4n) is 2.24. The number of anilines is 1. The molecule has 1 aromatic carbocycles. The number of nitrogen functional groups attached to an aromatic ring is 1. The van der Waals surface area contributed by atoms with E-state index in [4.69, 9.17) is 22.7 Å². The third kappa shape index (κ3) is 2.48. The molecule has 1 heterocycles. The Kier molecular flexibility index (Phi) is 3.87. The number of hydrogen-bond acceptors (Lipinski definition) is 3. The highest BCUT2D eigenvalue weighted by Crippen LogP contribution is 2.24. The van der Waals surface area contributed by atoms with Crippen molar-refractivity contribution in [3.63, 3.8) is 0 Å². The van der Waals surface area contributed by atoms with Crippen molar-refractivity contribution in [2.24, 2.45) is 0 Å². The Bertz CT molecular complexity index is 481. The molecule has 1 fully saturated rings. The molecule has 96 valence electrons. The molecule has 1 aromatic rings. The molecular weight excluding hydrogens is 250 g/mol. The first-order valence-electron chi connectivity index (χ1n) is 6.02. The molecule has 0 spiro atoms. The van der Waals surface area contributed by atoms with Crippen LogP contribution in [0.3, 0.4) is 0 Å². The van der Waals surface area contributed by atoms with E-state index in [1.807, 2.05) is 4.90 Å². The summed E-state index contributed by atoms with van der Waals surface area (Å²) in [7, 11) is 0. The van der Waals surface area contributed by atoms with E-state index in [1.54, 1.807) is 12.1 Å². The first-order valence-corrected chi connectivity index (χ1v) is 6.40. The molecule has 1 saturated heterocycles. The van der Waals surface area contributed by atoms with Crippen LogP contribution in [-0.2, 0) is 0 Å². The van der Waals surface area contributed by atoms with Crippen LogP contribution in [0.5, 0.6) is 0 Å². The molecule has 4 nitrogen and oxygen atoms in total. The second-order valence-corrected chi connectivity index (χ2v) is 4.89. The molecule has 0 atom stereocenters. The SMILES string of the molecule is N=Cc1c(N)cc(Cl)cc1C(=O)N1CCCCC1. The molecular formula is C13H16ClN3O. The number of hydrogen-bond donors (Lipinski definition) is 2. The minimum Gasteiger partial charge on any atom is -0.398 e. The number of likely N-dealkylation sites (tertiary alicyclic amines) is 1. The standard InChI is InChI=1S/C13H16ClN3O/c14-9-6-10(11(8-15)12(16)7-9)13(18)17-4-2-1-3-5-17/h6-8,15H,1-5,16H2.